The molecule has 2 aromatic carbocycles. The van der Waals surface area contributed by atoms with E-state index in [1.165, 1.54) is 14.2 Å². The summed E-state index contributed by atoms with van der Waals surface area (Å²) in [5, 5.41) is 15.9. The fraction of sp³-hybridized carbons (Fsp3) is 0.111. The van der Waals surface area contributed by atoms with Crippen LogP contribution in [-0.2, 0) is 9.68 Å². The highest BCUT2D eigenvalue weighted by atomic mass is 16.6. The fourth-order valence-electron chi connectivity index (χ4n) is 2.44. The number of nitrogens with zero attached hydrogens (tertiary/aromatic N) is 5. The van der Waals surface area contributed by atoms with Crippen LogP contribution in [0, 0.1) is 0 Å². The first kappa shape index (κ1) is 17.9. The molecule has 0 saturated heterocycles. The number of benzene rings is 2. The van der Waals surface area contributed by atoms with E-state index in [-0.39, 0.29) is 5.84 Å². The van der Waals surface area contributed by atoms with E-state index in [0.29, 0.717) is 11.5 Å². The van der Waals surface area contributed by atoms with Crippen LogP contribution in [0.2, 0.25) is 0 Å². The summed E-state index contributed by atoms with van der Waals surface area (Å²) >= 11 is 0. The predicted octanol–water partition coefficient (Wildman–Crippen LogP) is 1.47. The van der Waals surface area contributed by atoms with Gasteiger partial charge in [0, 0.05) is 16.7 Å². The third-order valence-corrected chi connectivity index (χ3v) is 3.76. The summed E-state index contributed by atoms with van der Waals surface area (Å²) in [4.78, 5) is 9.39. The molecule has 0 unspecified atom stereocenters. The molecule has 0 aliphatic heterocycles. The van der Waals surface area contributed by atoms with E-state index in [1.54, 1.807) is 4.68 Å². The number of hydrogen-bond donors (Lipinski definition) is 2. The monoisotopic (exact) mass is 365 g/mol. The quantitative estimate of drug-likeness (QED) is 0.387. The van der Waals surface area contributed by atoms with E-state index in [9.17, 15) is 0 Å². The molecule has 3 aromatic rings. The minimum atomic E-state index is 0.283. The molecule has 0 aliphatic carbocycles. The SMILES string of the molecule is CO/N=C(\N)c1ccc(-c2cn(-c3cccc(/C(N)=N/OC)c3)nn2)cc1. The number of oxime groups is 2. The third-order valence-electron chi connectivity index (χ3n) is 3.76. The summed E-state index contributed by atoms with van der Waals surface area (Å²) in [6, 6.07) is 14.9. The van der Waals surface area contributed by atoms with Gasteiger partial charge in [-0.05, 0) is 12.1 Å². The van der Waals surface area contributed by atoms with Gasteiger partial charge in [0.15, 0.2) is 11.7 Å². The van der Waals surface area contributed by atoms with Crippen molar-refractivity contribution < 1.29 is 9.68 Å². The Bertz CT molecular complexity index is 977. The first-order chi connectivity index (χ1) is 13.1. The molecular formula is C18H19N7O2. The molecule has 9 heteroatoms. The van der Waals surface area contributed by atoms with Crippen LogP contribution in [-0.4, -0.2) is 40.9 Å². The second-order valence-electron chi connectivity index (χ2n) is 5.49. The van der Waals surface area contributed by atoms with Crippen molar-refractivity contribution in [1.82, 2.24) is 15.0 Å². The van der Waals surface area contributed by atoms with E-state index in [4.69, 9.17) is 16.3 Å². The lowest BCUT2D eigenvalue weighted by molar-refractivity contribution is 0.213. The van der Waals surface area contributed by atoms with Gasteiger partial charge in [0.25, 0.3) is 0 Å². The van der Waals surface area contributed by atoms with Crippen molar-refractivity contribution >= 4 is 11.7 Å². The Balaban J connectivity index is 1.86. The second kappa shape index (κ2) is 8.00. The lowest BCUT2D eigenvalue weighted by Gasteiger charge is -2.04. The summed E-state index contributed by atoms with van der Waals surface area (Å²) in [7, 11) is 2.89. The van der Waals surface area contributed by atoms with Gasteiger partial charge >= 0.3 is 0 Å². The Hall–Kier alpha value is -3.88. The largest absolute Gasteiger partial charge is 0.397 e. The van der Waals surface area contributed by atoms with Crippen LogP contribution in [0.5, 0.6) is 0 Å². The molecule has 0 bridgehead atoms. The molecule has 0 amide bonds. The van der Waals surface area contributed by atoms with E-state index in [2.05, 4.69) is 25.5 Å². The fourth-order valence-corrected chi connectivity index (χ4v) is 2.44. The maximum Gasteiger partial charge on any atom is 0.170 e. The smallest absolute Gasteiger partial charge is 0.170 e. The number of nitrogens with two attached hydrogens (primary N) is 2. The highest BCUT2D eigenvalue weighted by Crippen LogP contribution is 2.19. The predicted molar refractivity (Wildman–Crippen MR) is 102 cm³/mol. The minimum absolute atomic E-state index is 0.283. The van der Waals surface area contributed by atoms with Gasteiger partial charge in [0.05, 0.1) is 11.9 Å². The van der Waals surface area contributed by atoms with Gasteiger partial charge in [0.1, 0.15) is 19.9 Å². The Labute approximate surface area is 155 Å². The maximum absolute atomic E-state index is 5.86. The molecule has 1 aromatic heterocycles. The molecule has 0 atom stereocenters. The summed E-state index contributed by atoms with van der Waals surface area (Å²) < 4.78 is 1.66. The molecule has 3 rings (SSSR count). The van der Waals surface area contributed by atoms with Crippen LogP contribution in [0.1, 0.15) is 11.1 Å². The topological polar surface area (TPSA) is 126 Å². The normalized spacial score (nSPS) is 12.1. The second-order valence-corrected chi connectivity index (χ2v) is 5.49. The van der Waals surface area contributed by atoms with Gasteiger partial charge in [0.2, 0.25) is 0 Å². The third kappa shape index (κ3) is 4.03. The molecule has 0 saturated carbocycles. The summed E-state index contributed by atoms with van der Waals surface area (Å²) in [6.45, 7) is 0. The molecule has 0 spiro atoms. The molecule has 138 valence electrons. The van der Waals surface area contributed by atoms with Gasteiger partial charge in [-0.25, -0.2) is 4.68 Å². The van der Waals surface area contributed by atoms with E-state index in [1.807, 2.05) is 54.7 Å². The molecule has 4 N–H and O–H groups in total. The van der Waals surface area contributed by atoms with Crippen LogP contribution < -0.4 is 11.5 Å². The van der Waals surface area contributed by atoms with Crippen molar-refractivity contribution in [2.24, 2.45) is 21.8 Å². The zero-order valence-corrected chi connectivity index (χ0v) is 14.9. The Morgan fingerprint density at radius 3 is 2.26 bits per heavy atom. The molecule has 27 heavy (non-hydrogen) atoms. The highest BCUT2D eigenvalue weighted by molar-refractivity contribution is 5.98. The van der Waals surface area contributed by atoms with Gasteiger partial charge in [-0.15, -0.1) is 5.10 Å². The first-order valence-corrected chi connectivity index (χ1v) is 7.99. The van der Waals surface area contributed by atoms with Crippen molar-refractivity contribution in [2.45, 2.75) is 0 Å². The van der Waals surface area contributed by atoms with Gasteiger partial charge in [-0.2, -0.15) is 0 Å². The molecule has 0 fully saturated rings. The van der Waals surface area contributed by atoms with E-state index < -0.39 is 0 Å². The van der Waals surface area contributed by atoms with E-state index >= 15 is 0 Å². The van der Waals surface area contributed by atoms with Gasteiger partial charge in [-0.3, -0.25) is 0 Å². The minimum Gasteiger partial charge on any atom is -0.397 e. The van der Waals surface area contributed by atoms with Crippen molar-refractivity contribution in [3.8, 4) is 16.9 Å². The first-order valence-electron chi connectivity index (χ1n) is 7.99. The molecule has 9 nitrogen and oxygen atoms in total. The lowest BCUT2D eigenvalue weighted by Crippen LogP contribution is -2.14. The van der Waals surface area contributed by atoms with Crippen molar-refractivity contribution in [3.63, 3.8) is 0 Å². The number of aromatic nitrogens is 3. The maximum atomic E-state index is 5.86. The Morgan fingerprint density at radius 2 is 1.59 bits per heavy atom. The van der Waals surface area contributed by atoms with Crippen molar-refractivity contribution in [3.05, 3.63) is 65.9 Å². The molecule has 1 heterocycles. The average molecular weight is 365 g/mol. The molecule has 0 radical (unpaired) electrons. The van der Waals surface area contributed by atoms with Gasteiger partial charge < -0.3 is 21.1 Å². The summed E-state index contributed by atoms with van der Waals surface area (Å²) in [6.07, 6.45) is 1.82. The number of hydrogen-bond acceptors (Lipinski definition) is 6. The van der Waals surface area contributed by atoms with E-state index in [0.717, 1.165) is 22.4 Å². The van der Waals surface area contributed by atoms with Crippen LogP contribution >= 0.6 is 0 Å². The molecular weight excluding hydrogens is 346 g/mol. The average Bonchev–Trinajstić information content (AvgIpc) is 3.19. The summed E-state index contributed by atoms with van der Waals surface area (Å²) in [5.41, 5.74) is 15.6. The Kier molecular flexibility index (Phi) is 5.31. The van der Waals surface area contributed by atoms with Crippen LogP contribution in [0.4, 0.5) is 0 Å². The standard InChI is InChI=1S/C18H19N7O2/c1-26-22-17(19)13-8-6-12(7-9-13)16-11-25(24-21-16)15-5-3-4-14(10-15)18(20)23-27-2/h3-11H,1-2H3,(H2,19,22)(H2,20,23). The van der Waals surface area contributed by atoms with Gasteiger partial charge in [-0.1, -0.05) is 51.9 Å². The zero-order chi connectivity index (χ0) is 19.2. The van der Waals surface area contributed by atoms with Crippen LogP contribution in [0.25, 0.3) is 16.9 Å². The van der Waals surface area contributed by atoms with Crippen LogP contribution in [0.3, 0.4) is 0 Å². The number of rotatable bonds is 6. The lowest BCUT2D eigenvalue weighted by atomic mass is 10.1. The number of amidine groups is 2. The van der Waals surface area contributed by atoms with Crippen LogP contribution in [0.15, 0.2) is 65.0 Å². The zero-order valence-electron chi connectivity index (χ0n) is 14.9. The van der Waals surface area contributed by atoms with Crippen molar-refractivity contribution in [2.75, 3.05) is 14.2 Å². The Morgan fingerprint density at radius 1 is 0.926 bits per heavy atom. The van der Waals surface area contributed by atoms with Crippen molar-refractivity contribution in [1.29, 1.82) is 0 Å². The highest BCUT2D eigenvalue weighted by Gasteiger charge is 2.08. The summed E-state index contributed by atoms with van der Waals surface area (Å²) in [5.74, 6) is 0.588. The molecule has 0 aliphatic rings.